The summed E-state index contributed by atoms with van der Waals surface area (Å²) in [6.07, 6.45) is 2.72. The molecule has 0 radical (unpaired) electrons. The highest BCUT2D eigenvalue weighted by molar-refractivity contribution is 6.30. The van der Waals surface area contributed by atoms with Crippen molar-refractivity contribution in [3.63, 3.8) is 0 Å². The number of fused-ring (bicyclic) bond motifs is 3. The first-order valence-electron chi connectivity index (χ1n) is 8.33. The van der Waals surface area contributed by atoms with Crippen LogP contribution >= 0.6 is 11.6 Å². The summed E-state index contributed by atoms with van der Waals surface area (Å²) in [5, 5.41) is 0.636. The van der Waals surface area contributed by atoms with E-state index in [9.17, 15) is 9.18 Å². The molecule has 124 valence electrons. The third kappa shape index (κ3) is 2.51. The molecule has 0 aromatic heterocycles. The van der Waals surface area contributed by atoms with E-state index in [1.807, 2.05) is 24.0 Å². The predicted octanol–water partition coefficient (Wildman–Crippen LogP) is 4.12. The first-order valence-corrected chi connectivity index (χ1v) is 8.70. The Balaban J connectivity index is 1.63. The molecule has 4 rings (SSSR count). The first kappa shape index (κ1) is 15.3. The van der Waals surface area contributed by atoms with E-state index in [0.717, 1.165) is 11.3 Å². The van der Waals surface area contributed by atoms with Crippen LogP contribution in [-0.2, 0) is 11.3 Å². The third-order valence-corrected chi connectivity index (χ3v) is 5.92. The van der Waals surface area contributed by atoms with Crippen molar-refractivity contribution in [2.45, 2.75) is 57.3 Å². The van der Waals surface area contributed by atoms with Crippen molar-refractivity contribution in [2.24, 2.45) is 5.41 Å². The minimum Gasteiger partial charge on any atom is -0.489 e. The van der Waals surface area contributed by atoms with Crippen LogP contribution in [0.2, 0.25) is 5.02 Å². The van der Waals surface area contributed by atoms with Crippen molar-refractivity contribution >= 4 is 17.5 Å². The van der Waals surface area contributed by atoms with Gasteiger partial charge in [-0.1, -0.05) is 11.6 Å². The Morgan fingerprint density at radius 2 is 2.09 bits per heavy atom. The van der Waals surface area contributed by atoms with E-state index >= 15 is 0 Å². The van der Waals surface area contributed by atoms with Crippen molar-refractivity contribution in [1.29, 1.82) is 0 Å². The standard InChI is InChI=1S/C18H21ClFNO2/c1-12-9-21(10-13-8-14(19)2-3-15(13)23-12)16(22)17-4-6-18(20,11-17)7-5-17/h2-3,8,12H,4-7,9-11H2,1H3/t12-,17?,18?/m0/s1. The van der Waals surface area contributed by atoms with Crippen molar-refractivity contribution in [1.82, 2.24) is 4.90 Å². The lowest BCUT2D eigenvalue weighted by Gasteiger charge is -2.32. The summed E-state index contributed by atoms with van der Waals surface area (Å²) >= 11 is 6.09. The number of hydrogen-bond donors (Lipinski definition) is 0. The average molecular weight is 338 g/mol. The summed E-state index contributed by atoms with van der Waals surface area (Å²) in [5.74, 6) is 0.880. The summed E-state index contributed by atoms with van der Waals surface area (Å²) in [4.78, 5) is 15.0. The molecule has 2 bridgehead atoms. The van der Waals surface area contributed by atoms with Crippen LogP contribution in [-0.4, -0.2) is 29.1 Å². The maximum absolute atomic E-state index is 14.5. The van der Waals surface area contributed by atoms with Crippen LogP contribution in [0.4, 0.5) is 4.39 Å². The monoisotopic (exact) mass is 337 g/mol. The SMILES string of the molecule is C[C@H]1CN(C(=O)C23CCC(F)(CC2)C3)Cc2cc(Cl)ccc2O1. The molecule has 1 aliphatic heterocycles. The van der Waals surface area contributed by atoms with Crippen LogP contribution in [0.3, 0.4) is 0 Å². The summed E-state index contributed by atoms with van der Waals surface area (Å²) in [6.45, 7) is 2.98. The fourth-order valence-corrected chi connectivity index (χ4v) is 4.73. The number of rotatable bonds is 1. The zero-order valence-electron chi connectivity index (χ0n) is 13.3. The van der Waals surface area contributed by atoms with Gasteiger partial charge in [-0.25, -0.2) is 4.39 Å². The van der Waals surface area contributed by atoms with E-state index in [2.05, 4.69) is 0 Å². The van der Waals surface area contributed by atoms with Gasteiger partial charge in [0.1, 0.15) is 17.5 Å². The third-order valence-electron chi connectivity index (χ3n) is 5.69. The summed E-state index contributed by atoms with van der Waals surface area (Å²) in [6, 6.07) is 5.52. The summed E-state index contributed by atoms with van der Waals surface area (Å²) in [7, 11) is 0. The van der Waals surface area contributed by atoms with Gasteiger partial charge in [-0.3, -0.25) is 4.79 Å². The zero-order valence-corrected chi connectivity index (χ0v) is 14.0. The molecule has 0 saturated heterocycles. The molecule has 1 aromatic rings. The molecule has 0 unspecified atom stereocenters. The normalized spacial score (nSPS) is 35.6. The molecule has 23 heavy (non-hydrogen) atoms. The molecule has 1 heterocycles. The number of carbonyl (C=O) groups excluding carboxylic acids is 1. The van der Waals surface area contributed by atoms with E-state index in [1.54, 1.807) is 6.07 Å². The molecule has 0 N–H and O–H groups in total. The quantitative estimate of drug-likeness (QED) is 0.771. The van der Waals surface area contributed by atoms with E-state index in [-0.39, 0.29) is 12.0 Å². The van der Waals surface area contributed by atoms with Crippen LogP contribution < -0.4 is 4.74 Å². The molecule has 0 spiro atoms. The molecule has 3 aliphatic rings. The number of amides is 1. The molecular weight excluding hydrogens is 317 g/mol. The van der Waals surface area contributed by atoms with Crippen molar-refractivity contribution < 1.29 is 13.9 Å². The van der Waals surface area contributed by atoms with Gasteiger partial charge in [0.2, 0.25) is 5.91 Å². The highest BCUT2D eigenvalue weighted by Crippen LogP contribution is 2.59. The number of nitrogens with zero attached hydrogens (tertiary/aromatic N) is 1. The van der Waals surface area contributed by atoms with Crippen LogP contribution in [0.25, 0.3) is 0 Å². The Kier molecular flexibility index (Phi) is 3.38. The second kappa shape index (κ2) is 5.10. The highest BCUT2D eigenvalue weighted by Gasteiger charge is 2.59. The molecule has 3 nitrogen and oxygen atoms in total. The summed E-state index contributed by atoms with van der Waals surface area (Å²) < 4.78 is 20.4. The number of carbonyl (C=O) groups is 1. The molecule has 1 amide bonds. The Morgan fingerprint density at radius 3 is 2.74 bits per heavy atom. The number of halogens is 2. The van der Waals surface area contributed by atoms with Crippen molar-refractivity contribution in [2.75, 3.05) is 6.54 Å². The first-order chi connectivity index (χ1) is 10.9. The Morgan fingerprint density at radius 1 is 1.35 bits per heavy atom. The number of alkyl halides is 1. The molecule has 1 atom stereocenters. The molecule has 5 heteroatoms. The molecule has 1 aromatic carbocycles. The van der Waals surface area contributed by atoms with Gasteiger partial charge in [-0.05, 0) is 57.2 Å². The number of ether oxygens (including phenoxy) is 1. The lowest BCUT2D eigenvalue weighted by molar-refractivity contribution is -0.143. The topological polar surface area (TPSA) is 29.5 Å². The minimum atomic E-state index is -1.11. The fraction of sp³-hybridized carbons (Fsp3) is 0.611. The van der Waals surface area contributed by atoms with Crippen LogP contribution in [0, 0.1) is 5.41 Å². The molecule has 2 saturated carbocycles. The fourth-order valence-electron chi connectivity index (χ4n) is 4.54. The van der Waals surface area contributed by atoms with Gasteiger partial charge in [-0.15, -0.1) is 0 Å². The number of benzene rings is 1. The van der Waals surface area contributed by atoms with Gasteiger partial charge in [0, 0.05) is 17.1 Å². The lowest BCUT2D eigenvalue weighted by atomic mass is 9.82. The van der Waals surface area contributed by atoms with Gasteiger partial charge in [0.25, 0.3) is 0 Å². The van der Waals surface area contributed by atoms with E-state index in [1.165, 1.54) is 0 Å². The van der Waals surface area contributed by atoms with E-state index in [4.69, 9.17) is 16.3 Å². The lowest BCUT2D eigenvalue weighted by Crippen LogP contribution is -2.44. The van der Waals surface area contributed by atoms with Crippen LogP contribution in [0.1, 0.15) is 44.6 Å². The second-order valence-electron chi connectivity index (χ2n) is 7.47. The Labute approximate surface area is 140 Å². The van der Waals surface area contributed by atoms with Gasteiger partial charge in [-0.2, -0.15) is 0 Å². The van der Waals surface area contributed by atoms with Crippen molar-refractivity contribution in [3.05, 3.63) is 28.8 Å². The second-order valence-corrected chi connectivity index (χ2v) is 7.91. The van der Waals surface area contributed by atoms with Crippen LogP contribution in [0.15, 0.2) is 18.2 Å². The molecule has 2 aliphatic carbocycles. The highest BCUT2D eigenvalue weighted by atomic mass is 35.5. The predicted molar refractivity (Wildman–Crippen MR) is 86.3 cm³/mol. The van der Waals surface area contributed by atoms with E-state index < -0.39 is 11.1 Å². The molecule has 2 fully saturated rings. The smallest absolute Gasteiger partial charge is 0.229 e. The zero-order chi connectivity index (χ0) is 16.2. The average Bonchev–Trinajstić information content (AvgIpc) is 2.97. The van der Waals surface area contributed by atoms with Crippen molar-refractivity contribution in [3.8, 4) is 5.75 Å². The van der Waals surface area contributed by atoms with Gasteiger partial charge >= 0.3 is 0 Å². The Hall–Kier alpha value is -1.29. The van der Waals surface area contributed by atoms with Gasteiger partial charge < -0.3 is 9.64 Å². The van der Waals surface area contributed by atoms with Gasteiger partial charge in [0.15, 0.2) is 0 Å². The minimum absolute atomic E-state index is 0.0873. The largest absolute Gasteiger partial charge is 0.489 e. The Bertz CT molecular complexity index is 654. The maximum Gasteiger partial charge on any atom is 0.229 e. The van der Waals surface area contributed by atoms with Crippen LogP contribution in [0.5, 0.6) is 5.75 Å². The maximum atomic E-state index is 14.5. The summed E-state index contributed by atoms with van der Waals surface area (Å²) in [5.41, 5.74) is -0.670. The van der Waals surface area contributed by atoms with Gasteiger partial charge in [0.05, 0.1) is 12.0 Å². The molecular formula is C18H21ClFNO2. The van der Waals surface area contributed by atoms with E-state index in [0.29, 0.717) is 50.2 Å². The number of hydrogen-bond acceptors (Lipinski definition) is 2.